The number of H-pyrrole nitrogens is 1. The molecular formula is C24H23N5O3S. The van der Waals surface area contributed by atoms with Crippen LogP contribution in [0.25, 0.3) is 21.3 Å². The summed E-state index contributed by atoms with van der Waals surface area (Å²) in [6.45, 7) is 3.45. The van der Waals surface area contributed by atoms with Crippen LogP contribution >= 0.6 is 11.3 Å². The molecule has 9 heteroatoms. The number of hydrogen-bond acceptors (Lipinski definition) is 7. The molecule has 0 bridgehead atoms. The van der Waals surface area contributed by atoms with Gasteiger partial charge in [0, 0.05) is 49.1 Å². The van der Waals surface area contributed by atoms with Crippen molar-refractivity contribution in [2.24, 2.45) is 0 Å². The van der Waals surface area contributed by atoms with Gasteiger partial charge < -0.3 is 9.64 Å². The van der Waals surface area contributed by atoms with Crippen LogP contribution in [-0.4, -0.2) is 64.2 Å². The number of fused-ring (bicyclic) bond motifs is 1. The fourth-order valence-electron chi connectivity index (χ4n) is 4.01. The van der Waals surface area contributed by atoms with Crippen molar-refractivity contribution in [2.75, 3.05) is 33.3 Å². The second-order valence-corrected chi connectivity index (χ2v) is 8.75. The molecule has 1 aliphatic heterocycles. The highest BCUT2D eigenvalue weighted by Crippen LogP contribution is 2.26. The summed E-state index contributed by atoms with van der Waals surface area (Å²) in [5.41, 5.74) is 2.11. The van der Waals surface area contributed by atoms with Crippen molar-refractivity contribution in [3.05, 3.63) is 75.7 Å². The minimum atomic E-state index is -0.288. The molecule has 1 fully saturated rings. The van der Waals surface area contributed by atoms with Gasteiger partial charge in [0.15, 0.2) is 5.69 Å². The third kappa shape index (κ3) is 4.37. The van der Waals surface area contributed by atoms with Crippen molar-refractivity contribution in [1.29, 1.82) is 0 Å². The van der Waals surface area contributed by atoms with Crippen LogP contribution in [0.5, 0.6) is 5.75 Å². The van der Waals surface area contributed by atoms with Gasteiger partial charge in [0.05, 0.1) is 18.2 Å². The van der Waals surface area contributed by atoms with Crippen LogP contribution in [0.2, 0.25) is 0 Å². The molecule has 1 N–H and O–H groups in total. The molecule has 0 radical (unpaired) electrons. The average Bonchev–Trinajstić information content (AvgIpc) is 3.33. The highest BCUT2D eigenvalue weighted by molar-refractivity contribution is 7.13. The Labute approximate surface area is 194 Å². The zero-order valence-electron chi connectivity index (χ0n) is 18.2. The molecule has 0 saturated carbocycles. The second kappa shape index (κ2) is 9.13. The van der Waals surface area contributed by atoms with Gasteiger partial charge in [-0.25, -0.2) is 10.1 Å². The number of hydrogen-bond donors (Lipinski definition) is 1. The molecule has 1 saturated heterocycles. The summed E-state index contributed by atoms with van der Waals surface area (Å²) < 4.78 is 5.22. The first kappa shape index (κ1) is 21.3. The number of methoxy groups -OCH3 is 1. The van der Waals surface area contributed by atoms with Crippen LogP contribution in [0.1, 0.15) is 16.2 Å². The summed E-state index contributed by atoms with van der Waals surface area (Å²) in [5, 5.41) is 10.6. The number of aromatic amines is 1. The Morgan fingerprint density at radius 3 is 2.52 bits per heavy atom. The molecule has 0 atom stereocenters. The standard InChI is InChI=1S/C24H23N5O3S/c1-32-18-8-6-16(7-9-18)23-25-17(15-33-23)14-28-10-12-29(13-11-28)24(31)21-19-4-2-3-5-20(19)22(30)27-26-21/h2-9,15H,10-14H2,1H3,(H,27,30). The normalized spacial score (nSPS) is 14.5. The summed E-state index contributed by atoms with van der Waals surface area (Å²) in [7, 11) is 1.66. The van der Waals surface area contributed by atoms with Crippen molar-refractivity contribution in [1.82, 2.24) is 25.0 Å². The fraction of sp³-hybridized carbons (Fsp3) is 0.250. The molecule has 0 spiro atoms. The Morgan fingerprint density at radius 2 is 1.79 bits per heavy atom. The molecule has 168 valence electrons. The lowest BCUT2D eigenvalue weighted by Crippen LogP contribution is -2.48. The van der Waals surface area contributed by atoms with E-state index in [1.807, 2.05) is 30.3 Å². The van der Waals surface area contributed by atoms with E-state index >= 15 is 0 Å². The van der Waals surface area contributed by atoms with E-state index in [0.29, 0.717) is 29.6 Å². The first-order chi connectivity index (χ1) is 16.1. The van der Waals surface area contributed by atoms with Gasteiger partial charge in [-0.2, -0.15) is 5.10 Å². The van der Waals surface area contributed by atoms with Crippen molar-refractivity contribution in [2.45, 2.75) is 6.54 Å². The summed E-state index contributed by atoms with van der Waals surface area (Å²) in [6, 6.07) is 15.0. The van der Waals surface area contributed by atoms with Crippen LogP contribution in [0.15, 0.2) is 58.7 Å². The molecule has 0 aliphatic carbocycles. The van der Waals surface area contributed by atoms with Gasteiger partial charge in [0.25, 0.3) is 11.5 Å². The third-order valence-electron chi connectivity index (χ3n) is 5.83. The number of carbonyl (C=O) groups is 1. The van der Waals surface area contributed by atoms with Gasteiger partial charge in [-0.05, 0) is 30.3 Å². The highest BCUT2D eigenvalue weighted by Gasteiger charge is 2.25. The number of ether oxygens (including phenoxy) is 1. The quantitative estimate of drug-likeness (QED) is 0.491. The van der Waals surface area contributed by atoms with E-state index in [0.717, 1.165) is 41.6 Å². The van der Waals surface area contributed by atoms with Crippen molar-refractivity contribution >= 4 is 28.0 Å². The molecule has 33 heavy (non-hydrogen) atoms. The molecule has 5 rings (SSSR count). The van der Waals surface area contributed by atoms with E-state index in [1.54, 1.807) is 41.5 Å². The van der Waals surface area contributed by atoms with Gasteiger partial charge in [0.1, 0.15) is 10.8 Å². The van der Waals surface area contributed by atoms with E-state index in [2.05, 4.69) is 20.5 Å². The van der Waals surface area contributed by atoms with Crippen LogP contribution in [0.3, 0.4) is 0 Å². The number of thiazole rings is 1. The lowest BCUT2D eigenvalue weighted by molar-refractivity contribution is 0.0622. The van der Waals surface area contributed by atoms with Crippen LogP contribution < -0.4 is 10.3 Å². The number of aromatic nitrogens is 3. The van der Waals surface area contributed by atoms with E-state index in [9.17, 15) is 9.59 Å². The molecule has 2 aromatic carbocycles. The van der Waals surface area contributed by atoms with Crippen LogP contribution in [-0.2, 0) is 6.54 Å². The van der Waals surface area contributed by atoms with Gasteiger partial charge in [-0.3, -0.25) is 14.5 Å². The summed E-state index contributed by atoms with van der Waals surface area (Å²) in [4.78, 5) is 34.0. The monoisotopic (exact) mass is 461 g/mol. The molecular weight excluding hydrogens is 438 g/mol. The first-order valence-corrected chi connectivity index (χ1v) is 11.6. The smallest absolute Gasteiger partial charge is 0.275 e. The number of piperazine rings is 1. The molecule has 1 aliphatic rings. The number of rotatable bonds is 5. The Morgan fingerprint density at radius 1 is 1.06 bits per heavy atom. The Hall–Kier alpha value is -3.56. The first-order valence-electron chi connectivity index (χ1n) is 10.7. The van der Waals surface area contributed by atoms with Crippen LogP contribution in [0, 0.1) is 0 Å². The number of carbonyl (C=O) groups excluding carboxylic acids is 1. The Balaban J connectivity index is 1.22. The topological polar surface area (TPSA) is 91.4 Å². The van der Waals surface area contributed by atoms with Crippen molar-refractivity contribution in [3.8, 4) is 16.3 Å². The molecule has 1 amide bonds. The maximum atomic E-state index is 13.1. The Bertz CT molecular complexity index is 1340. The van der Waals surface area contributed by atoms with Crippen molar-refractivity contribution in [3.63, 3.8) is 0 Å². The number of nitrogens with zero attached hydrogens (tertiary/aromatic N) is 4. The minimum absolute atomic E-state index is 0.155. The Kier molecular flexibility index (Phi) is 5.89. The largest absolute Gasteiger partial charge is 0.497 e. The summed E-state index contributed by atoms with van der Waals surface area (Å²) in [5.74, 6) is 0.672. The fourth-order valence-corrected chi connectivity index (χ4v) is 4.83. The maximum absolute atomic E-state index is 13.1. The van der Waals surface area contributed by atoms with Crippen molar-refractivity contribution < 1.29 is 9.53 Å². The van der Waals surface area contributed by atoms with E-state index in [-0.39, 0.29) is 11.5 Å². The maximum Gasteiger partial charge on any atom is 0.275 e. The van der Waals surface area contributed by atoms with Gasteiger partial charge in [0.2, 0.25) is 0 Å². The number of nitrogens with one attached hydrogen (secondary N) is 1. The molecule has 4 aromatic rings. The number of amides is 1. The molecule has 8 nitrogen and oxygen atoms in total. The predicted molar refractivity (Wildman–Crippen MR) is 128 cm³/mol. The summed E-state index contributed by atoms with van der Waals surface area (Å²) >= 11 is 1.63. The van der Waals surface area contributed by atoms with Gasteiger partial charge >= 0.3 is 0 Å². The number of benzene rings is 2. The molecule has 0 unspecified atom stereocenters. The molecule has 3 heterocycles. The lowest BCUT2D eigenvalue weighted by Gasteiger charge is -2.34. The third-order valence-corrected chi connectivity index (χ3v) is 6.77. The van der Waals surface area contributed by atoms with E-state index < -0.39 is 0 Å². The second-order valence-electron chi connectivity index (χ2n) is 7.89. The predicted octanol–water partition coefficient (Wildman–Crippen LogP) is 3.01. The summed E-state index contributed by atoms with van der Waals surface area (Å²) in [6.07, 6.45) is 0. The minimum Gasteiger partial charge on any atom is -0.497 e. The van der Waals surface area contributed by atoms with Gasteiger partial charge in [-0.15, -0.1) is 11.3 Å². The zero-order valence-corrected chi connectivity index (χ0v) is 19.0. The average molecular weight is 462 g/mol. The van der Waals surface area contributed by atoms with Crippen LogP contribution in [0.4, 0.5) is 0 Å². The van der Waals surface area contributed by atoms with E-state index in [4.69, 9.17) is 9.72 Å². The lowest BCUT2D eigenvalue weighted by atomic mass is 10.1. The zero-order chi connectivity index (χ0) is 22.8. The van der Waals surface area contributed by atoms with Gasteiger partial charge in [-0.1, -0.05) is 18.2 Å². The molecule has 2 aromatic heterocycles. The van der Waals surface area contributed by atoms with E-state index in [1.165, 1.54) is 0 Å². The SMILES string of the molecule is COc1ccc(-c2nc(CN3CCN(C(=O)c4n[nH]c(=O)c5ccccc45)CC3)cs2)cc1. The highest BCUT2D eigenvalue weighted by atomic mass is 32.1.